The van der Waals surface area contributed by atoms with Gasteiger partial charge in [-0.3, -0.25) is 4.68 Å². The molecule has 0 spiro atoms. The molecule has 28 heavy (non-hydrogen) atoms. The van der Waals surface area contributed by atoms with Gasteiger partial charge in [-0.05, 0) is 49.8 Å². The van der Waals surface area contributed by atoms with E-state index in [-0.39, 0.29) is 12.1 Å². The second-order valence-electron chi connectivity index (χ2n) is 7.53. The molecule has 150 valence electrons. The van der Waals surface area contributed by atoms with E-state index in [1.165, 1.54) is 0 Å². The number of carbonyl (C=O) groups is 1. The number of hydrogen-bond donors (Lipinski definition) is 1. The van der Waals surface area contributed by atoms with E-state index < -0.39 is 0 Å². The van der Waals surface area contributed by atoms with Crippen molar-refractivity contribution in [3.8, 4) is 5.75 Å². The summed E-state index contributed by atoms with van der Waals surface area (Å²) in [5, 5.41) is 7.30. The first-order valence-corrected chi connectivity index (χ1v) is 10.1. The molecule has 2 saturated heterocycles. The molecule has 2 aliphatic heterocycles. The van der Waals surface area contributed by atoms with Gasteiger partial charge in [0.1, 0.15) is 12.4 Å². The number of nitrogens with zero attached hydrogens (tertiary/aromatic N) is 3. The zero-order valence-electron chi connectivity index (χ0n) is 16.1. The third-order valence-corrected chi connectivity index (χ3v) is 5.48. The molecule has 2 fully saturated rings. The van der Waals surface area contributed by atoms with E-state index in [2.05, 4.69) is 10.4 Å². The Morgan fingerprint density at radius 2 is 2.07 bits per heavy atom. The van der Waals surface area contributed by atoms with Crippen molar-refractivity contribution in [2.45, 2.75) is 38.3 Å². The van der Waals surface area contributed by atoms with E-state index in [0.717, 1.165) is 51.9 Å². The molecule has 2 aromatic rings. The topological polar surface area (TPSA) is 68.6 Å². The molecule has 1 aromatic heterocycles. The number of para-hydroxylation sites is 2. The molecule has 0 unspecified atom stereocenters. The number of anilines is 1. The summed E-state index contributed by atoms with van der Waals surface area (Å²) in [4.78, 5) is 14.6. The van der Waals surface area contributed by atoms with Gasteiger partial charge in [0.2, 0.25) is 0 Å². The summed E-state index contributed by atoms with van der Waals surface area (Å²) in [5.41, 5.74) is 0.712. The summed E-state index contributed by atoms with van der Waals surface area (Å²) >= 11 is 0. The molecule has 0 saturated carbocycles. The average Bonchev–Trinajstić information content (AvgIpc) is 3.42. The van der Waals surface area contributed by atoms with E-state index in [4.69, 9.17) is 9.47 Å². The molecule has 7 nitrogen and oxygen atoms in total. The zero-order chi connectivity index (χ0) is 19.2. The van der Waals surface area contributed by atoms with Crippen molar-refractivity contribution in [3.05, 3.63) is 42.7 Å². The summed E-state index contributed by atoms with van der Waals surface area (Å²) < 4.78 is 13.5. The van der Waals surface area contributed by atoms with Crippen LogP contribution < -0.4 is 10.1 Å². The standard InChI is InChI=1S/C21H28N4O3/c26-21(24-12-8-17(9-13-24)15-25-11-4-10-22-25)23-19-6-1-2-7-20(19)28-16-18-5-3-14-27-18/h1-2,4,6-7,10-11,17-18H,3,5,8-9,12-16H2,(H,23,26)/t18-/m1/s1. The maximum atomic E-state index is 12.7. The van der Waals surface area contributed by atoms with Crippen molar-refractivity contribution in [2.75, 3.05) is 31.6 Å². The molecule has 0 radical (unpaired) electrons. The maximum Gasteiger partial charge on any atom is 0.321 e. The minimum atomic E-state index is -0.0642. The Kier molecular flexibility index (Phi) is 6.11. The molecule has 0 bridgehead atoms. The number of amides is 2. The first kappa shape index (κ1) is 18.8. The number of carbonyl (C=O) groups excluding carboxylic acids is 1. The highest BCUT2D eigenvalue weighted by Crippen LogP contribution is 2.26. The van der Waals surface area contributed by atoms with E-state index in [1.54, 1.807) is 6.20 Å². The fraction of sp³-hybridized carbons (Fsp3) is 0.524. The number of likely N-dealkylation sites (tertiary alicyclic amines) is 1. The van der Waals surface area contributed by atoms with Gasteiger partial charge in [-0.1, -0.05) is 12.1 Å². The molecule has 7 heteroatoms. The van der Waals surface area contributed by atoms with Gasteiger partial charge in [0.15, 0.2) is 0 Å². The van der Waals surface area contributed by atoms with Crippen LogP contribution in [0.4, 0.5) is 10.5 Å². The third kappa shape index (κ3) is 4.84. The fourth-order valence-corrected chi connectivity index (χ4v) is 3.84. The van der Waals surface area contributed by atoms with Gasteiger partial charge in [0.05, 0.1) is 11.8 Å². The van der Waals surface area contributed by atoms with Gasteiger partial charge < -0.3 is 19.7 Å². The van der Waals surface area contributed by atoms with Gasteiger partial charge in [-0.15, -0.1) is 0 Å². The predicted octanol–water partition coefficient (Wildman–Crippen LogP) is 3.39. The van der Waals surface area contributed by atoms with Crippen LogP contribution in [-0.4, -0.2) is 53.1 Å². The smallest absolute Gasteiger partial charge is 0.321 e. The average molecular weight is 384 g/mol. The number of hydrogen-bond acceptors (Lipinski definition) is 4. The second-order valence-corrected chi connectivity index (χ2v) is 7.53. The van der Waals surface area contributed by atoms with Crippen LogP contribution in [-0.2, 0) is 11.3 Å². The van der Waals surface area contributed by atoms with Crippen molar-refractivity contribution < 1.29 is 14.3 Å². The Hall–Kier alpha value is -2.54. The van der Waals surface area contributed by atoms with Gasteiger partial charge in [-0.2, -0.15) is 5.10 Å². The Morgan fingerprint density at radius 3 is 2.82 bits per heavy atom. The van der Waals surface area contributed by atoms with Crippen molar-refractivity contribution in [1.29, 1.82) is 0 Å². The van der Waals surface area contributed by atoms with Gasteiger partial charge in [0, 0.05) is 38.6 Å². The number of ether oxygens (including phenoxy) is 2. The van der Waals surface area contributed by atoms with Gasteiger partial charge in [-0.25, -0.2) is 4.79 Å². The van der Waals surface area contributed by atoms with E-state index >= 15 is 0 Å². The van der Waals surface area contributed by atoms with Gasteiger partial charge >= 0.3 is 6.03 Å². The normalized spacial score (nSPS) is 20.3. The van der Waals surface area contributed by atoms with Gasteiger partial charge in [0.25, 0.3) is 0 Å². The predicted molar refractivity (Wildman–Crippen MR) is 106 cm³/mol. The first-order chi connectivity index (χ1) is 13.8. The molecular weight excluding hydrogens is 356 g/mol. The van der Waals surface area contributed by atoms with Crippen LogP contribution >= 0.6 is 0 Å². The number of nitrogens with one attached hydrogen (secondary N) is 1. The number of rotatable bonds is 6. The number of urea groups is 1. The molecule has 2 aliphatic rings. The van der Waals surface area contributed by atoms with Crippen LogP contribution in [0, 0.1) is 5.92 Å². The zero-order valence-corrected chi connectivity index (χ0v) is 16.1. The highest BCUT2D eigenvalue weighted by Gasteiger charge is 2.24. The van der Waals surface area contributed by atoms with Crippen LogP contribution in [0.2, 0.25) is 0 Å². The van der Waals surface area contributed by atoms with Crippen molar-refractivity contribution in [1.82, 2.24) is 14.7 Å². The Bertz CT molecular complexity index is 751. The van der Waals surface area contributed by atoms with Crippen LogP contribution in [0.5, 0.6) is 5.75 Å². The molecule has 4 rings (SSSR count). The third-order valence-electron chi connectivity index (χ3n) is 5.48. The Balaban J connectivity index is 1.28. The largest absolute Gasteiger partial charge is 0.489 e. The molecule has 3 heterocycles. The van der Waals surface area contributed by atoms with Crippen LogP contribution in [0.3, 0.4) is 0 Å². The summed E-state index contributed by atoms with van der Waals surface area (Å²) in [6, 6.07) is 9.48. The van der Waals surface area contributed by atoms with E-state index in [0.29, 0.717) is 24.0 Å². The molecular formula is C21H28N4O3. The SMILES string of the molecule is O=C(Nc1ccccc1OC[C@H]1CCCO1)N1CCC(Cn2cccn2)CC1. The van der Waals surface area contributed by atoms with Crippen LogP contribution in [0.15, 0.2) is 42.7 Å². The number of benzene rings is 1. The maximum absolute atomic E-state index is 12.7. The number of aromatic nitrogens is 2. The lowest BCUT2D eigenvalue weighted by Crippen LogP contribution is -2.41. The summed E-state index contributed by atoms with van der Waals surface area (Å²) in [6.07, 6.45) is 8.05. The lowest BCUT2D eigenvalue weighted by Gasteiger charge is -2.32. The minimum absolute atomic E-state index is 0.0642. The monoisotopic (exact) mass is 384 g/mol. The van der Waals surface area contributed by atoms with E-state index in [1.807, 2.05) is 46.1 Å². The number of piperidine rings is 1. The minimum Gasteiger partial charge on any atom is -0.489 e. The summed E-state index contributed by atoms with van der Waals surface area (Å²) in [6.45, 7) is 3.77. The Morgan fingerprint density at radius 1 is 1.21 bits per heavy atom. The first-order valence-electron chi connectivity index (χ1n) is 10.1. The molecule has 2 amide bonds. The molecule has 1 atom stereocenters. The van der Waals surface area contributed by atoms with Crippen molar-refractivity contribution in [2.24, 2.45) is 5.92 Å². The highest BCUT2D eigenvalue weighted by molar-refractivity contribution is 5.91. The quantitative estimate of drug-likeness (QED) is 0.829. The van der Waals surface area contributed by atoms with Crippen LogP contribution in [0.1, 0.15) is 25.7 Å². The van der Waals surface area contributed by atoms with Crippen molar-refractivity contribution >= 4 is 11.7 Å². The van der Waals surface area contributed by atoms with E-state index in [9.17, 15) is 4.79 Å². The molecule has 1 aromatic carbocycles. The fourth-order valence-electron chi connectivity index (χ4n) is 3.84. The van der Waals surface area contributed by atoms with Crippen LogP contribution in [0.25, 0.3) is 0 Å². The highest BCUT2D eigenvalue weighted by atomic mass is 16.5. The Labute approximate surface area is 165 Å². The second kappa shape index (κ2) is 9.10. The summed E-state index contributed by atoms with van der Waals surface area (Å²) in [5.74, 6) is 1.26. The molecule has 0 aliphatic carbocycles. The lowest BCUT2D eigenvalue weighted by molar-refractivity contribution is 0.0682. The summed E-state index contributed by atoms with van der Waals surface area (Å²) in [7, 11) is 0. The lowest BCUT2D eigenvalue weighted by atomic mass is 9.97. The van der Waals surface area contributed by atoms with Crippen molar-refractivity contribution in [3.63, 3.8) is 0 Å². The molecule has 1 N–H and O–H groups in total.